The molecule has 2 unspecified atom stereocenters. The number of halogens is 1. The SMILES string of the molecule is ClC1Cc2ccccc2C1Nc1ncns1. The molecule has 2 aromatic rings. The predicted molar refractivity (Wildman–Crippen MR) is 66.1 cm³/mol. The van der Waals surface area contributed by atoms with Gasteiger partial charge in [-0.05, 0) is 17.5 Å². The highest BCUT2D eigenvalue weighted by Crippen LogP contribution is 2.37. The molecule has 5 heteroatoms. The second kappa shape index (κ2) is 4.03. The number of nitrogens with one attached hydrogen (secondary N) is 1. The monoisotopic (exact) mass is 251 g/mol. The molecule has 1 aliphatic rings. The van der Waals surface area contributed by atoms with Gasteiger partial charge in [0.2, 0.25) is 5.13 Å². The first-order chi connectivity index (χ1) is 7.84. The summed E-state index contributed by atoms with van der Waals surface area (Å²) in [6.45, 7) is 0. The molecule has 0 radical (unpaired) electrons. The zero-order valence-electron chi connectivity index (χ0n) is 8.43. The molecule has 1 heterocycles. The van der Waals surface area contributed by atoms with Crippen molar-refractivity contribution < 1.29 is 0 Å². The summed E-state index contributed by atoms with van der Waals surface area (Å²) in [7, 11) is 0. The van der Waals surface area contributed by atoms with Crippen LogP contribution in [0.1, 0.15) is 17.2 Å². The van der Waals surface area contributed by atoms with Crippen LogP contribution in [0.2, 0.25) is 0 Å². The fourth-order valence-electron chi connectivity index (χ4n) is 2.08. The number of aromatic nitrogens is 2. The van der Waals surface area contributed by atoms with Crippen LogP contribution in [-0.2, 0) is 6.42 Å². The molecule has 0 spiro atoms. The van der Waals surface area contributed by atoms with E-state index in [2.05, 4.69) is 32.9 Å². The van der Waals surface area contributed by atoms with Crippen LogP contribution in [0.4, 0.5) is 5.13 Å². The second-order valence-electron chi connectivity index (χ2n) is 3.79. The van der Waals surface area contributed by atoms with Crippen LogP contribution in [-0.4, -0.2) is 14.7 Å². The molecule has 0 saturated carbocycles. The third kappa shape index (κ3) is 1.68. The Morgan fingerprint density at radius 2 is 2.25 bits per heavy atom. The summed E-state index contributed by atoms with van der Waals surface area (Å²) in [5, 5.41) is 4.25. The minimum Gasteiger partial charge on any atom is -0.352 e. The van der Waals surface area contributed by atoms with E-state index in [0.717, 1.165) is 11.6 Å². The van der Waals surface area contributed by atoms with Crippen LogP contribution in [0, 0.1) is 0 Å². The lowest BCUT2D eigenvalue weighted by molar-refractivity contribution is 0.770. The number of rotatable bonds is 2. The van der Waals surface area contributed by atoms with Crippen molar-refractivity contribution in [2.45, 2.75) is 17.8 Å². The number of fused-ring (bicyclic) bond motifs is 1. The Balaban J connectivity index is 1.90. The molecule has 1 N–H and O–H groups in total. The van der Waals surface area contributed by atoms with Crippen molar-refractivity contribution in [2.24, 2.45) is 0 Å². The highest BCUT2D eigenvalue weighted by molar-refractivity contribution is 7.09. The van der Waals surface area contributed by atoms with Gasteiger partial charge in [-0.15, -0.1) is 11.6 Å². The lowest BCUT2D eigenvalue weighted by atomic mass is 10.1. The van der Waals surface area contributed by atoms with Gasteiger partial charge in [-0.2, -0.15) is 4.37 Å². The van der Waals surface area contributed by atoms with Gasteiger partial charge < -0.3 is 5.32 Å². The predicted octanol–water partition coefficient (Wildman–Crippen LogP) is 2.85. The van der Waals surface area contributed by atoms with Crippen LogP contribution in [0.5, 0.6) is 0 Å². The highest BCUT2D eigenvalue weighted by Gasteiger charge is 2.31. The zero-order valence-corrected chi connectivity index (χ0v) is 10.0. The van der Waals surface area contributed by atoms with E-state index >= 15 is 0 Å². The van der Waals surface area contributed by atoms with Crippen molar-refractivity contribution in [3.63, 3.8) is 0 Å². The second-order valence-corrected chi connectivity index (χ2v) is 5.13. The molecule has 82 valence electrons. The first-order valence-corrected chi connectivity index (χ1v) is 6.30. The van der Waals surface area contributed by atoms with E-state index in [4.69, 9.17) is 11.6 Å². The van der Waals surface area contributed by atoms with E-state index in [-0.39, 0.29) is 11.4 Å². The summed E-state index contributed by atoms with van der Waals surface area (Å²) >= 11 is 7.71. The molecule has 0 aliphatic heterocycles. The summed E-state index contributed by atoms with van der Waals surface area (Å²) in [4.78, 5) is 4.12. The molecule has 3 nitrogen and oxygen atoms in total. The Morgan fingerprint density at radius 3 is 3.06 bits per heavy atom. The summed E-state index contributed by atoms with van der Waals surface area (Å²) in [6.07, 6.45) is 2.46. The van der Waals surface area contributed by atoms with Crippen molar-refractivity contribution in [3.05, 3.63) is 41.7 Å². The third-order valence-corrected chi connectivity index (χ3v) is 3.81. The fraction of sp³-hybridized carbons (Fsp3) is 0.273. The molecule has 0 fully saturated rings. The van der Waals surface area contributed by atoms with Gasteiger partial charge in [-0.1, -0.05) is 24.3 Å². The molecule has 0 saturated heterocycles. The molecule has 1 aliphatic carbocycles. The van der Waals surface area contributed by atoms with E-state index < -0.39 is 0 Å². The average Bonchev–Trinajstić information content (AvgIpc) is 2.89. The summed E-state index contributed by atoms with van der Waals surface area (Å²) < 4.78 is 3.97. The largest absolute Gasteiger partial charge is 0.352 e. The van der Waals surface area contributed by atoms with Gasteiger partial charge in [0, 0.05) is 11.5 Å². The molecule has 3 rings (SSSR count). The van der Waals surface area contributed by atoms with E-state index in [0.29, 0.717) is 0 Å². The number of hydrogen-bond donors (Lipinski definition) is 1. The highest BCUT2D eigenvalue weighted by atomic mass is 35.5. The molecule has 1 aromatic heterocycles. The molecule has 1 aromatic carbocycles. The van der Waals surface area contributed by atoms with Gasteiger partial charge >= 0.3 is 0 Å². The number of nitrogens with zero attached hydrogens (tertiary/aromatic N) is 2. The summed E-state index contributed by atoms with van der Waals surface area (Å²) in [5.74, 6) is 0. The van der Waals surface area contributed by atoms with Crippen molar-refractivity contribution >= 4 is 28.3 Å². The average molecular weight is 252 g/mol. The Labute approximate surface area is 103 Å². The van der Waals surface area contributed by atoms with E-state index in [9.17, 15) is 0 Å². The van der Waals surface area contributed by atoms with Crippen LogP contribution >= 0.6 is 23.1 Å². The number of anilines is 1. The van der Waals surface area contributed by atoms with Gasteiger partial charge in [0.05, 0.1) is 11.4 Å². The lowest BCUT2D eigenvalue weighted by Crippen LogP contribution is -2.16. The fourth-order valence-corrected chi connectivity index (χ4v) is 2.92. The maximum absolute atomic E-state index is 6.35. The minimum atomic E-state index is 0.0845. The first-order valence-electron chi connectivity index (χ1n) is 5.09. The van der Waals surface area contributed by atoms with E-state index in [1.807, 2.05) is 6.07 Å². The first kappa shape index (κ1) is 10.1. The van der Waals surface area contributed by atoms with Gasteiger partial charge in [0.15, 0.2) is 0 Å². The van der Waals surface area contributed by atoms with Crippen molar-refractivity contribution in [1.82, 2.24) is 9.36 Å². The lowest BCUT2D eigenvalue weighted by Gasteiger charge is -2.15. The minimum absolute atomic E-state index is 0.0845. The standard InChI is InChI=1S/C11H10ClN3S/c12-9-5-7-3-1-2-4-8(7)10(9)15-11-13-6-14-16-11/h1-4,6,9-10H,5H2,(H,13,14,15). The van der Waals surface area contributed by atoms with Gasteiger partial charge in [-0.3, -0.25) is 0 Å². The van der Waals surface area contributed by atoms with Crippen molar-refractivity contribution in [2.75, 3.05) is 5.32 Å². The third-order valence-electron chi connectivity index (χ3n) is 2.81. The molecule has 0 amide bonds. The van der Waals surface area contributed by atoms with Crippen LogP contribution in [0.15, 0.2) is 30.6 Å². The maximum atomic E-state index is 6.35. The normalized spacial score (nSPS) is 23.1. The van der Waals surface area contributed by atoms with Crippen molar-refractivity contribution in [3.8, 4) is 0 Å². The number of hydrogen-bond acceptors (Lipinski definition) is 4. The van der Waals surface area contributed by atoms with Crippen LogP contribution in [0.3, 0.4) is 0 Å². The summed E-state index contributed by atoms with van der Waals surface area (Å²) in [5.41, 5.74) is 2.60. The van der Waals surface area contributed by atoms with Crippen LogP contribution < -0.4 is 5.32 Å². The molecular formula is C11H10ClN3S. The molecular weight excluding hydrogens is 242 g/mol. The number of benzene rings is 1. The number of alkyl halides is 1. The quantitative estimate of drug-likeness (QED) is 0.834. The van der Waals surface area contributed by atoms with Crippen molar-refractivity contribution in [1.29, 1.82) is 0 Å². The topological polar surface area (TPSA) is 37.8 Å². The van der Waals surface area contributed by atoms with E-state index in [1.165, 1.54) is 22.7 Å². The Hall–Kier alpha value is -1.13. The summed E-state index contributed by atoms with van der Waals surface area (Å²) in [6, 6.07) is 8.49. The zero-order chi connectivity index (χ0) is 11.0. The van der Waals surface area contributed by atoms with Gasteiger partial charge in [0.1, 0.15) is 6.33 Å². The van der Waals surface area contributed by atoms with Gasteiger partial charge in [-0.25, -0.2) is 4.98 Å². The van der Waals surface area contributed by atoms with Crippen LogP contribution in [0.25, 0.3) is 0 Å². The Morgan fingerprint density at radius 1 is 1.38 bits per heavy atom. The van der Waals surface area contributed by atoms with E-state index in [1.54, 1.807) is 6.33 Å². The molecule has 2 atom stereocenters. The Kier molecular flexibility index (Phi) is 2.53. The maximum Gasteiger partial charge on any atom is 0.202 e. The smallest absolute Gasteiger partial charge is 0.202 e. The molecule has 0 bridgehead atoms. The Bertz CT molecular complexity index is 486. The van der Waals surface area contributed by atoms with Gasteiger partial charge in [0.25, 0.3) is 0 Å². The molecule has 16 heavy (non-hydrogen) atoms.